The Morgan fingerprint density at radius 1 is 1.33 bits per heavy atom. The predicted molar refractivity (Wildman–Crippen MR) is 86.8 cm³/mol. The van der Waals surface area contributed by atoms with E-state index in [-0.39, 0.29) is 24.4 Å². The summed E-state index contributed by atoms with van der Waals surface area (Å²) in [5.41, 5.74) is 1.39. The molecule has 2 heterocycles. The summed E-state index contributed by atoms with van der Waals surface area (Å²) in [6, 6.07) is 8.85. The van der Waals surface area contributed by atoms with E-state index in [1.54, 1.807) is 30.6 Å². The molecule has 1 unspecified atom stereocenters. The van der Waals surface area contributed by atoms with Crippen molar-refractivity contribution in [2.45, 2.75) is 19.0 Å². The van der Waals surface area contributed by atoms with E-state index in [1.165, 1.54) is 17.0 Å². The van der Waals surface area contributed by atoms with Crippen molar-refractivity contribution in [3.8, 4) is 0 Å². The fourth-order valence-electron chi connectivity index (χ4n) is 2.62. The molecule has 24 heavy (non-hydrogen) atoms. The Balaban J connectivity index is 1.53. The summed E-state index contributed by atoms with van der Waals surface area (Å²) >= 11 is 0. The Hall–Kier alpha value is -2.96. The molecule has 3 amide bonds. The molecule has 1 aliphatic heterocycles. The molecule has 1 aromatic heterocycles. The van der Waals surface area contributed by atoms with Crippen LogP contribution in [0.2, 0.25) is 0 Å². The smallest absolute Gasteiger partial charge is 0.315 e. The number of halogens is 1. The van der Waals surface area contributed by atoms with Crippen LogP contribution in [0.15, 0.2) is 48.8 Å². The largest absolute Gasteiger partial charge is 0.334 e. The highest BCUT2D eigenvalue weighted by molar-refractivity contribution is 5.96. The number of nitrogens with one attached hydrogen (secondary N) is 2. The first-order valence-electron chi connectivity index (χ1n) is 7.61. The molecule has 7 heteroatoms. The minimum Gasteiger partial charge on any atom is -0.334 e. The van der Waals surface area contributed by atoms with Gasteiger partial charge in [-0.15, -0.1) is 0 Å². The van der Waals surface area contributed by atoms with Crippen LogP contribution in [0.5, 0.6) is 0 Å². The van der Waals surface area contributed by atoms with Crippen molar-refractivity contribution in [3.05, 3.63) is 60.2 Å². The van der Waals surface area contributed by atoms with Crippen LogP contribution in [0, 0.1) is 5.82 Å². The van der Waals surface area contributed by atoms with Crippen LogP contribution in [-0.4, -0.2) is 29.5 Å². The third kappa shape index (κ3) is 3.87. The zero-order chi connectivity index (χ0) is 16.9. The zero-order valence-corrected chi connectivity index (χ0v) is 12.9. The fourth-order valence-corrected chi connectivity index (χ4v) is 2.62. The van der Waals surface area contributed by atoms with Crippen molar-refractivity contribution in [2.75, 3.05) is 11.4 Å². The summed E-state index contributed by atoms with van der Waals surface area (Å²) in [6.07, 6.45) is 3.52. The van der Waals surface area contributed by atoms with Crippen LogP contribution in [0.4, 0.5) is 14.9 Å². The maximum Gasteiger partial charge on any atom is 0.315 e. The highest BCUT2D eigenvalue weighted by Crippen LogP contribution is 2.22. The Kier molecular flexibility index (Phi) is 4.69. The second-order valence-electron chi connectivity index (χ2n) is 5.57. The van der Waals surface area contributed by atoms with Gasteiger partial charge in [0.1, 0.15) is 5.82 Å². The first-order valence-corrected chi connectivity index (χ1v) is 7.61. The molecule has 1 aliphatic rings. The van der Waals surface area contributed by atoms with E-state index in [2.05, 4.69) is 15.6 Å². The summed E-state index contributed by atoms with van der Waals surface area (Å²) < 4.78 is 13.3. The molecule has 1 aromatic carbocycles. The first kappa shape index (κ1) is 15.9. The Morgan fingerprint density at radius 2 is 2.21 bits per heavy atom. The average molecular weight is 328 g/mol. The van der Waals surface area contributed by atoms with E-state index >= 15 is 0 Å². The third-order valence-corrected chi connectivity index (χ3v) is 3.76. The first-order chi connectivity index (χ1) is 11.6. The topological polar surface area (TPSA) is 74.3 Å². The zero-order valence-electron chi connectivity index (χ0n) is 12.9. The summed E-state index contributed by atoms with van der Waals surface area (Å²) in [5, 5.41) is 5.49. The molecule has 0 saturated carbocycles. The number of carbonyl (C=O) groups excluding carboxylic acids is 2. The van der Waals surface area contributed by atoms with Gasteiger partial charge in [-0.2, -0.15) is 0 Å². The van der Waals surface area contributed by atoms with Crippen molar-refractivity contribution < 1.29 is 14.0 Å². The lowest BCUT2D eigenvalue weighted by atomic mass is 10.2. The molecule has 0 radical (unpaired) electrons. The van der Waals surface area contributed by atoms with Crippen LogP contribution in [0.25, 0.3) is 0 Å². The van der Waals surface area contributed by atoms with E-state index < -0.39 is 5.82 Å². The maximum atomic E-state index is 13.3. The average Bonchev–Trinajstić information content (AvgIpc) is 2.94. The molecular formula is C17H17FN4O2. The number of benzene rings is 1. The third-order valence-electron chi connectivity index (χ3n) is 3.76. The number of urea groups is 1. The molecule has 2 N–H and O–H groups in total. The van der Waals surface area contributed by atoms with Gasteiger partial charge in [0.25, 0.3) is 0 Å². The summed E-state index contributed by atoms with van der Waals surface area (Å²) in [7, 11) is 0. The lowest BCUT2D eigenvalue weighted by Crippen LogP contribution is -2.43. The normalized spacial score (nSPS) is 17.0. The van der Waals surface area contributed by atoms with E-state index in [0.29, 0.717) is 18.8 Å². The van der Waals surface area contributed by atoms with E-state index in [0.717, 1.165) is 5.56 Å². The van der Waals surface area contributed by atoms with Crippen molar-refractivity contribution in [1.29, 1.82) is 0 Å². The van der Waals surface area contributed by atoms with E-state index in [4.69, 9.17) is 0 Å². The number of hydrogen-bond acceptors (Lipinski definition) is 3. The lowest BCUT2D eigenvalue weighted by molar-refractivity contribution is -0.117. The molecule has 1 saturated heterocycles. The summed E-state index contributed by atoms with van der Waals surface area (Å²) in [5.74, 6) is -0.538. The van der Waals surface area contributed by atoms with Gasteiger partial charge >= 0.3 is 6.03 Å². The van der Waals surface area contributed by atoms with Gasteiger partial charge in [0.15, 0.2) is 0 Å². The molecule has 0 spiro atoms. The minimum atomic E-state index is -0.397. The molecule has 3 rings (SSSR count). The van der Waals surface area contributed by atoms with Gasteiger partial charge in [0.05, 0.1) is 6.04 Å². The highest BCUT2D eigenvalue weighted by atomic mass is 19.1. The van der Waals surface area contributed by atoms with Gasteiger partial charge in [-0.25, -0.2) is 9.18 Å². The lowest BCUT2D eigenvalue weighted by Gasteiger charge is -2.17. The van der Waals surface area contributed by atoms with Crippen LogP contribution in [0.3, 0.4) is 0 Å². The number of anilines is 1. The SMILES string of the molecule is O=C(NCc1cccnc1)NC1CC(=O)N(c2cccc(F)c2)C1. The molecular weight excluding hydrogens is 311 g/mol. The van der Waals surface area contributed by atoms with Crippen LogP contribution in [0.1, 0.15) is 12.0 Å². The standard InChI is InChI=1S/C17H17FN4O2/c18-13-4-1-5-15(7-13)22-11-14(8-16(22)23)21-17(24)20-10-12-3-2-6-19-9-12/h1-7,9,14H,8,10-11H2,(H2,20,21,24). The van der Waals surface area contributed by atoms with Gasteiger partial charge in [0.2, 0.25) is 5.91 Å². The molecule has 2 aromatic rings. The van der Waals surface area contributed by atoms with Crippen molar-refractivity contribution >= 4 is 17.6 Å². The minimum absolute atomic E-state index is 0.141. The van der Waals surface area contributed by atoms with E-state index in [1.807, 2.05) is 6.07 Å². The Bertz CT molecular complexity index is 738. The number of pyridine rings is 1. The molecule has 0 aliphatic carbocycles. The summed E-state index contributed by atoms with van der Waals surface area (Å²) in [6.45, 7) is 0.677. The van der Waals surface area contributed by atoms with E-state index in [9.17, 15) is 14.0 Å². The van der Waals surface area contributed by atoms with Crippen molar-refractivity contribution in [1.82, 2.24) is 15.6 Å². The predicted octanol–water partition coefficient (Wildman–Crippen LogP) is 1.83. The number of amides is 3. The number of rotatable bonds is 4. The number of nitrogens with zero attached hydrogens (tertiary/aromatic N) is 2. The van der Waals surface area contributed by atoms with Crippen LogP contribution < -0.4 is 15.5 Å². The van der Waals surface area contributed by atoms with Gasteiger partial charge in [-0.1, -0.05) is 12.1 Å². The molecule has 6 nitrogen and oxygen atoms in total. The number of hydrogen-bond donors (Lipinski definition) is 2. The van der Waals surface area contributed by atoms with Gasteiger partial charge in [-0.05, 0) is 29.8 Å². The second-order valence-corrected chi connectivity index (χ2v) is 5.57. The summed E-state index contributed by atoms with van der Waals surface area (Å²) in [4.78, 5) is 29.5. The number of aromatic nitrogens is 1. The van der Waals surface area contributed by atoms with Crippen molar-refractivity contribution in [2.24, 2.45) is 0 Å². The highest BCUT2D eigenvalue weighted by Gasteiger charge is 2.31. The van der Waals surface area contributed by atoms with Crippen LogP contribution >= 0.6 is 0 Å². The number of carbonyl (C=O) groups is 2. The maximum absolute atomic E-state index is 13.3. The van der Waals surface area contributed by atoms with Crippen LogP contribution in [-0.2, 0) is 11.3 Å². The molecule has 1 atom stereocenters. The monoisotopic (exact) mass is 328 g/mol. The molecule has 1 fully saturated rings. The van der Waals surface area contributed by atoms with Crippen molar-refractivity contribution in [3.63, 3.8) is 0 Å². The second kappa shape index (κ2) is 7.08. The Morgan fingerprint density at radius 3 is 2.96 bits per heavy atom. The Labute approximate surface area is 138 Å². The quantitative estimate of drug-likeness (QED) is 0.899. The van der Waals surface area contributed by atoms with Gasteiger partial charge < -0.3 is 15.5 Å². The molecule has 0 bridgehead atoms. The van der Waals surface area contributed by atoms with Gasteiger partial charge in [0, 0.05) is 37.6 Å². The fraction of sp³-hybridized carbons (Fsp3) is 0.235. The molecule has 124 valence electrons. The van der Waals surface area contributed by atoms with Gasteiger partial charge in [-0.3, -0.25) is 9.78 Å².